The number of nitrogens with zero attached hydrogens (tertiary/aromatic N) is 3. The first-order chi connectivity index (χ1) is 12.6. The molecule has 0 saturated carbocycles. The number of nitrogens with one attached hydrogen (secondary N) is 1. The fourth-order valence-corrected chi connectivity index (χ4v) is 3.43. The molecular weight excluding hydrogens is 320 g/mol. The molecule has 4 nitrogen and oxygen atoms in total. The molecule has 0 radical (unpaired) electrons. The second-order valence-corrected chi connectivity index (χ2v) is 7.08. The van der Waals surface area contributed by atoms with Crippen LogP contribution in [0.2, 0.25) is 0 Å². The van der Waals surface area contributed by atoms with E-state index in [0.29, 0.717) is 0 Å². The Hall–Kier alpha value is -2.88. The van der Waals surface area contributed by atoms with Crippen molar-refractivity contribution in [3.63, 3.8) is 0 Å². The molecule has 1 N–H and O–H groups in total. The molecule has 1 aliphatic rings. The lowest BCUT2D eigenvalue weighted by atomic mass is 10.0. The Morgan fingerprint density at radius 1 is 0.923 bits per heavy atom. The van der Waals surface area contributed by atoms with Gasteiger partial charge in [-0.1, -0.05) is 36.4 Å². The van der Waals surface area contributed by atoms with Crippen LogP contribution in [0.3, 0.4) is 0 Å². The molecule has 132 valence electrons. The molecule has 0 spiro atoms. The van der Waals surface area contributed by atoms with E-state index in [4.69, 9.17) is 4.98 Å². The topological polar surface area (TPSA) is 41.1 Å². The summed E-state index contributed by atoms with van der Waals surface area (Å²) in [6.07, 6.45) is 1.03. The Morgan fingerprint density at radius 2 is 1.73 bits per heavy atom. The van der Waals surface area contributed by atoms with Crippen LogP contribution < -0.4 is 10.2 Å². The summed E-state index contributed by atoms with van der Waals surface area (Å²) >= 11 is 0. The molecule has 0 aliphatic carbocycles. The summed E-state index contributed by atoms with van der Waals surface area (Å²) in [4.78, 5) is 11.8. The van der Waals surface area contributed by atoms with Gasteiger partial charge in [-0.05, 0) is 55.5 Å². The van der Waals surface area contributed by atoms with Crippen LogP contribution in [0.4, 0.5) is 17.5 Å². The highest BCUT2D eigenvalue weighted by Crippen LogP contribution is 2.25. The zero-order chi connectivity index (χ0) is 18.1. The van der Waals surface area contributed by atoms with Crippen LogP contribution in [0.5, 0.6) is 0 Å². The molecule has 0 atom stereocenters. The van der Waals surface area contributed by atoms with Crippen molar-refractivity contribution in [1.82, 2.24) is 9.97 Å². The third kappa shape index (κ3) is 3.40. The minimum Gasteiger partial charge on any atom is -0.340 e. The van der Waals surface area contributed by atoms with Crippen molar-refractivity contribution in [2.75, 3.05) is 16.8 Å². The zero-order valence-electron chi connectivity index (χ0n) is 15.6. The van der Waals surface area contributed by atoms with E-state index in [0.717, 1.165) is 42.7 Å². The van der Waals surface area contributed by atoms with Crippen LogP contribution in [0.15, 0.2) is 48.5 Å². The fourth-order valence-electron chi connectivity index (χ4n) is 3.43. The van der Waals surface area contributed by atoms with E-state index in [1.165, 1.54) is 22.3 Å². The van der Waals surface area contributed by atoms with Crippen LogP contribution in [0.1, 0.15) is 27.9 Å². The number of benzene rings is 2. The van der Waals surface area contributed by atoms with Gasteiger partial charge < -0.3 is 10.2 Å². The monoisotopic (exact) mass is 344 g/mol. The molecule has 0 unspecified atom stereocenters. The summed E-state index contributed by atoms with van der Waals surface area (Å²) in [5.74, 6) is 1.65. The van der Waals surface area contributed by atoms with Gasteiger partial charge in [-0.2, -0.15) is 4.98 Å². The van der Waals surface area contributed by atoms with Gasteiger partial charge in [-0.3, -0.25) is 0 Å². The van der Waals surface area contributed by atoms with Crippen LogP contribution in [0, 0.1) is 20.8 Å². The third-order valence-electron chi connectivity index (χ3n) is 4.91. The van der Waals surface area contributed by atoms with E-state index in [1.54, 1.807) is 0 Å². The average Bonchev–Trinajstić information content (AvgIpc) is 2.64. The van der Waals surface area contributed by atoms with Crippen molar-refractivity contribution in [2.24, 2.45) is 0 Å². The molecule has 0 bridgehead atoms. The molecule has 1 aliphatic heterocycles. The summed E-state index contributed by atoms with van der Waals surface area (Å²) in [6.45, 7) is 8.05. The largest absolute Gasteiger partial charge is 0.340 e. The number of aryl methyl sites for hydroxylation is 3. The minimum atomic E-state index is 0.798. The third-order valence-corrected chi connectivity index (χ3v) is 4.91. The first-order valence-corrected chi connectivity index (χ1v) is 9.10. The quantitative estimate of drug-likeness (QED) is 0.747. The number of anilines is 3. The summed E-state index contributed by atoms with van der Waals surface area (Å²) in [5, 5.41) is 3.47. The highest BCUT2D eigenvalue weighted by atomic mass is 15.3. The fraction of sp³-hybridized carbons (Fsp3) is 0.273. The van der Waals surface area contributed by atoms with Gasteiger partial charge in [0.25, 0.3) is 0 Å². The molecule has 26 heavy (non-hydrogen) atoms. The van der Waals surface area contributed by atoms with Crippen molar-refractivity contribution < 1.29 is 0 Å². The van der Waals surface area contributed by atoms with Crippen molar-refractivity contribution >= 4 is 17.5 Å². The second kappa shape index (κ2) is 6.79. The van der Waals surface area contributed by atoms with Crippen LogP contribution in [0.25, 0.3) is 0 Å². The van der Waals surface area contributed by atoms with E-state index in [9.17, 15) is 0 Å². The average molecular weight is 344 g/mol. The van der Waals surface area contributed by atoms with Gasteiger partial charge >= 0.3 is 0 Å². The number of hydrogen-bond acceptors (Lipinski definition) is 4. The van der Waals surface area contributed by atoms with Gasteiger partial charge in [0, 0.05) is 30.5 Å². The van der Waals surface area contributed by atoms with E-state index >= 15 is 0 Å². The molecule has 0 saturated heterocycles. The highest BCUT2D eigenvalue weighted by molar-refractivity contribution is 5.62. The van der Waals surface area contributed by atoms with Gasteiger partial charge in [0.1, 0.15) is 5.82 Å². The van der Waals surface area contributed by atoms with E-state index in [1.807, 2.05) is 13.0 Å². The second-order valence-electron chi connectivity index (χ2n) is 7.08. The van der Waals surface area contributed by atoms with Crippen molar-refractivity contribution in [3.8, 4) is 0 Å². The SMILES string of the molecule is Cc1ccc(C)c(Nc2cc(C)nc(N3CCc4ccccc4C3)n2)c1. The van der Waals surface area contributed by atoms with E-state index in [2.05, 4.69) is 71.5 Å². The Morgan fingerprint density at radius 3 is 2.58 bits per heavy atom. The van der Waals surface area contributed by atoms with Gasteiger partial charge in [-0.25, -0.2) is 4.98 Å². The Balaban J connectivity index is 1.62. The van der Waals surface area contributed by atoms with E-state index < -0.39 is 0 Å². The predicted octanol–water partition coefficient (Wildman–Crippen LogP) is 4.71. The first kappa shape index (κ1) is 16.6. The zero-order valence-corrected chi connectivity index (χ0v) is 15.6. The molecule has 0 amide bonds. The number of hydrogen-bond donors (Lipinski definition) is 1. The molecule has 2 heterocycles. The van der Waals surface area contributed by atoms with Crippen LogP contribution >= 0.6 is 0 Å². The molecule has 2 aromatic carbocycles. The smallest absolute Gasteiger partial charge is 0.227 e. The van der Waals surface area contributed by atoms with Crippen LogP contribution in [-0.4, -0.2) is 16.5 Å². The number of aromatic nitrogens is 2. The maximum atomic E-state index is 4.80. The first-order valence-electron chi connectivity index (χ1n) is 9.10. The molecule has 4 rings (SSSR count). The predicted molar refractivity (Wildman–Crippen MR) is 107 cm³/mol. The maximum absolute atomic E-state index is 4.80. The van der Waals surface area contributed by atoms with Gasteiger partial charge in [0.05, 0.1) is 0 Å². The number of fused-ring (bicyclic) bond motifs is 1. The molecule has 3 aromatic rings. The normalized spacial score (nSPS) is 13.4. The molecule has 1 aromatic heterocycles. The van der Waals surface area contributed by atoms with Crippen molar-refractivity contribution in [3.05, 3.63) is 76.5 Å². The molecule has 4 heteroatoms. The Labute approximate surface area is 154 Å². The molecular formula is C22H24N4. The van der Waals surface area contributed by atoms with Gasteiger partial charge in [0.15, 0.2) is 0 Å². The van der Waals surface area contributed by atoms with Crippen molar-refractivity contribution in [2.45, 2.75) is 33.7 Å². The lowest BCUT2D eigenvalue weighted by Gasteiger charge is -2.29. The lowest BCUT2D eigenvalue weighted by molar-refractivity contribution is 0.706. The summed E-state index contributed by atoms with van der Waals surface area (Å²) < 4.78 is 0. The highest BCUT2D eigenvalue weighted by Gasteiger charge is 2.19. The Bertz CT molecular complexity index is 949. The maximum Gasteiger partial charge on any atom is 0.227 e. The minimum absolute atomic E-state index is 0.798. The van der Waals surface area contributed by atoms with E-state index in [-0.39, 0.29) is 0 Å². The lowest BCUT2D eigenvalue weighted by Crippen LogP contribution is -2.32. The van der Waals surface area contributed by atoms with Gasteiger partial charge in [-0.15, -0.1) is 0 Å². The standard InChI is InChI=1S/C22H24N4/c1-15-8-9-16(2)20(12-15)24-21-13-17(3)23-22(25-21)26-11-10-18-6-4-5-7-19(18)14-26/h4-9,12-13H,10-11,14H2,1-3H3,(H,23,24,25). The molecule has 0 fully saturated rings. The van der Waals surface area contributed by atoms with Gasteiger partial charge in [0.2, 0.25) is 5.95 Å². The number of rotatable bonds is 3. The van der Waals surface area contributed by atoms with Crippen LogP contribution in [-0.2, 0) is 13.0 Å². The Kier molecular flexibility index (Phi) is 4.33. The van der Waals surface area contributed by atoms with Crippen molar-refractivity contribution in [1.29, 1.82) is 0 Å². The summed E-state index contributed by atoms with van der Waals surface area (Å²) in [5.41, 5.74) is 7.31. The summed E-state index contributed by atoms with van der Waals surface area (Å²) in [6, 6.07) is 17.1. The summed E-state index contributed by atoms with van der Waals surface area (Å²) in [7, 11) is 0.